The lowest BCUT2D eigenvalue weighted by molar-refractivity contribution is 0.175. The molecule has 226 valence electrons. The number of thioether (sulfide) groups is 3. The fourth-order valence-corrected chi connectivity index (χ4v) is 16.0. The zero-order chi connectivity index (χ0) is 28.9. The van der Waals surface area contributed by atoms with Gasteiger partial charge in [0, 0.05) is 59.3 Å². The van der Waals surface area contributed by atoms with Crippen molar-refractivity contribution in [3.63, 3.8) is 0 Å². The van der Waals surface area contributed by atoms with E-state index in [1.165, 1.54) is 65.9 Å². The van der Waals surface area contributed by atoms with E-state index in [2.05, 4.69) is 90.3 Å². The molecule has 2 N–H and O–H groups in total. The Labute approximate surface area is 273 Å². The van der Waals surface area contributed by atoms with Crippen LogP contribution in [0.2, 0.25) is 0 Å². The van der Waals surface area contributed by atoms with Gasteiger partial charge in [-0.1, -0.05) is 105 Å². The Balaban J connectivity index is 1.05. The second-order valence-electron chi connectivity index (χ2n) is 13.4. The van der Waals surface area contributed by atoms with Gasteiger partial charge in [-0.25, -0.2) is 0 Å². The number of thiophene rings is 1. The van der Waals surface area contributed by atoms with Gasteiger partial charge < -0.3 is 10.2 Å². The number of aliphatic hydroxyl groups excluding tert-OH is 2. The number of benzene rings is 2. The molecule has 0 bridgehead atoms. The van der Waals surface area contributed by atoms with Crippen molar-refractivity contribution in [3.05, 3.63) is 98.6 Å². The first-order valence-electron chi connectivity index (χ1n) is 16.4. The van der Waals surface area contributed by atoms with Gasteiger partial charge in [-0.05, 0) is 41.4 Å². The average molecular weight is 647 g/mol. The second-order valence-corrected chi connectivity index (χ2v) is 18.4. The maximum absolute atomic E-state index is 11.3. The molecule has 8 rings (SSSR count). The summed E-state index contributed by atoms with van der Waals surface area (Å²) in [6, 6.07) is 23.3. The van der Waals surface area contributed by atoms with Gasteiger partial charge in [0.15, 0.2) is 0 Å². The van der Waals surface area contributed by atoms with Gasteiger partial charge >= 0.3 is 0 Å². The molecule has 4 heterocycles. The monoisotopic (exact) mass is 646 g/mol. The molecule has 0 amide bonds. The molecule has 1 saturated heterocycles. The highest BCUT2D eigenvalue weighted by Gasteiger charge is 2.59. The molecule has 6 heteroatoms. The van der Waals surface area contributed by atoms with Crippen LogP contribution in [0.1, 0.15) is 77.8 Å². The molecule has 9 unspecified atom stereocenters. The summed E-state index contributed by atoms with van der Waals surface area (Å²) in [7, 11) is 0. The zero-order valence-electron chi connectivity index (χ0n) is 24.6. The summed E-state index contributed by atoms with van der Waals surface area (Å²) >= 11 is 8.38. The highest BCUT2D eigenvalue weighted by Crippen LogP contribution is 2.68. The van der Waals surface area contributed by atoms with Crippen LogP contribution >= 0.6 is 46.6 Å². The molecule has 2 saturated carbocycles. The van der Waals surface area contributed by atoms with Gasteiger partial charge in [-0.15, -0.1) is 46.6 Å². The Kier molecular flexibility index (Phi) is 8.55. The minimum Gasteiger partial charge on any atom is -0.388 e. The van der Waals surface area contributed by atoms with E-state index in [0.29, 0.717) is 39.8 Å². The first-order valence-corrected chi connectivity index (χ1v) is 19.9. The summed E-state index contributed by atoms with van der Waals surface area (Å²) in [5.41, 5.74) is 2.42. The standard InChI is InChI=1S/C37H42O2S4/c38-26(17-22-11-5-3-6-12-22)28-20-31-35(41-28)25-19-30-34(33(36(25)43-31)24-15-9-1-2-10-16-24)37-32(40-30)21-29(42-37)27(39)18-23-13-7-4-8-14-23/h3-8,11-14,20-21,24-27,30-31,33-36,38-39H,1-2,9-10,15-19H2. The Hall–Kier alpha value is -1.15. The molecule has 3 fully saturated rings. The first kappa shape index (κ1) is 29.3. The van der Waals surface area contributed by atoms with Crippen molar-refractivity contribution in [2.45, 2.75) is 102 Å². The highest BCUT2D eigenvalue weighted by molar-refractivity contribution is 8.08. The summed E-state index contributed by atoms with van der Waals surface area (Å²) in [5, 5.41) is 25.0. The molecule has 2 nitrogen and oxygen atoms in total. The van der Waals surface area contributed by atoms with Crippen molar-refractivity contribution in [1.29, 1.82) is 0 Å². The number of fused-ring (bicyclic) bond motifs is 6. The molecule has 0 spiro atoms. The third-order valence-electron chi connectivity index (χ3n) is 10.8. The third kappa shape index (κ3) is 5.72. The Morgan fingerprint density at radius 1 is 0.767 bits per heavy atom. The maximum Gasteiger partial charge on any atom is 0.0922 e. The third-order valence-corrected chi connectivity index (χ3v) is 17.1. The Morgan fingerprint density at radius 2 is 1.44 bits per heavy atom. The molecule has 9 atom stereocenters. The fourth-order valence-electron chi connectivity index (χ4n) is 8.80. The van der Waals surface area contributed by atoms with E-state index in [-0.39, 0.29) is 6.10 Å². The van der Waals surface area contributed by atoms with Crippen LogP contribution < -0.4 is 0 Å². The van der Waals surface area contributed by atoms with E-state index in [0.717, 1.165) is 22.6 Å². The normalized spacial score (nSPS) is 33.2. The van der Waals surface area contributed by atoms with E-state index in [1.54, 1.807) is 4.88 Å². The Bertz CT molecular complexity index is 1430. The van der Waals surface area contributed by atoms with E-state index in [4.69, 9.17) is 0 Å². The van der Waals surface area contributed by atoms with Gasteiger partial charge in [0.2, 0.25) is 0 Å². The number of aliphatic hydroxyl groups is 2. The predicted molar refractivity (Wildman–Crippen MR) is 185 cm³/mol. The van der Waals surface area contributed by atoms with Gasteiger partial charge in [0.25, 0.3) is 0 Å². The average Bonchev–Trinajstić information content (AvgIpc) is 3.73. The van der Waals surface area contributed by atoms with Crippen LogP contribution in [0.3, 0.4) is 0 Å². The van der Waals surface area contributed by atoms with Gasteiger partial charge in [-0.2, -0.15) is 0 Å². The predicted octanol–water partition coefficient (Wildman–Crippen LogP) is 9.28. The fraction of sp³-hybridized carbons (Fsp3) is 0.514. The van der Waals surface area contributed by atoms with Crippen LogP contribution in [0.25, 0.3) is 0 Å². The smallest absolute Gasteiger partial charge is 0.0922 e. The second kappa shape index (κ2) is 12.6. The quantitative estimate of drug-likeness (QED) is 0.251. The van der Waals surface area contributed by atoms with E-state index < -0.39 is 6.10 Å². The molecule has 3 aromatic rings. The van der Waals surface area contributed by atoms with Crippen molar-refractivity contribution in [2.24, 2.45) is 17.8 Å². The van der Waals surface area contributed by atoms with Crippen molar-refractivity contribution >= 4 is 46.6 Å². The lowest BCUT2D eigenvalue weighted by Crippen LogP contribution is -2.44. The topological polar surface area (TPSA) is 40.5 Å². The van der Waals surface area contributed by atoms with Crippen LogP contribution in [0, 0.1) is 17.8 Å². The summed E-state index contributed by atoms with van der Waals surface area (Å²) in [6.45, 7) is 0. The largest absolute Gasteiger partial charge is 0.388 e. The summed E-state index contributed by atoms with van der Waals surface area (Å²) in [5.74, 6) is 2.90. The maximum atomic E-state index is 11.3. The van der Waals surface area contributed by atoms with Crippen LogP contribution in [0.5, 0.6) is 0 Å². The molecule has 3 aliphatic heterocycles. The molecule has 2 aliphatic carbocycles. The number of hydrogen-bond donors (Lipinski definition) is 2. The van der Waals surface area contributed by atoms with Crippen LogP contribution in [-0.2, 0) is 12.8 Å². The van der Waals surface area contributed by atoms with Gasteiger partial charge in [0.1, 0.15) is 0 Å². The molecule has 5 aliphatic rings. The Morgan fingerprint density at radius 3 is 2.14 bits per heavy atom. The summed E-state index contributed by atoms with van der Waals surface area (Å²) < 4.78 is 0. The first-order chi connectivity index (χ1) is 21.1. The molecular weight excluding hydrogens is 605 g/mol. The van der Waals surface area contributed by atoms with Crippen LogP contribution in [-0.4, -0.2) is 37.3 Å². The zero-order valence-corrected chi connectivity index (χ0v) is 27.9. The number of hydrogen-bond acceptors (Lipinski definition) is 6. The van der Waals surface area contributed by atoms with Crippen molar-refractivity contribution in [2.75, 3.05) is 0 Å². The van der Waals surface area contributed by atoms with E-state index in [1.807, 2.05) is 29.2 Å². The SMILES string of the molecule is OC(Cc1ccccc1)C1=CC2SC3C(CC4Sc5cc(C(O)Cc6ccccc6)sc5C4C3C3CCCCCC3)C2S1. The number of rotatable bonds is 7. The molecule has 2 aromatic carbocycles. The van der Waals surface area contributed by atoms with Crippen molar-refractivity contribution in [3.8, 4) is 0 Å². The molecular formula is C37H42O2S4. The van der Waals surface area contributed by atoms with Crippen molar-refractivity contribution < 1.29 is 10.2 Å². The van der Waals surface area contributed by atoms with E-state index >= 15 is 0 Å². The molecule has 43 heavy (non-hydrogen) atoms. The highest BCUT2D eigenvalue weighted by atomic mass is 32.2. The molecule has 1 aromatic heterocycles. The summed E-state index contributed by atoms with van der Waals surface area (Å²) in [6.07, 6.45) is 12.7. The molecule has 0 radical (unpaired) electrons. The van der Waals surface area contributed by atoms with Gasteiger partial charge in [0.05, 0.1) is 12.2 Å². The summed E-state index contributed by atoms with van der Waals surface area (Å²) in [4.78, 5) is 5.45. The van der Waals surface area contributed by atoms with Gasteiger partial charge in [-0.3, -0.25) is 0 Å². The van der Waals surface area contributed by atoms with Crippen LogP contribution in [0.15, 0.2) is 82.6 Å². The lowest BCUT2D eigenvalue weighted by Gasteiger charge is -2.46. The van der Waals surface area contributed by atoms with Crippen LogP contribution in [0.4, 0.5) is 0 Å². The minimum atomic E-state index is -0.424. The van der Waals surface area contributed by atoms with E-state index in [9.17, 15) is 10.2 Å². The van der Waals surface area contributed by atoms with Crippen molar-refractivity contribution in [1.82, 2.24) is 0 Å². The minimum absolute atomic E-state index is 0.389. The lowest BCUT2D eigenvalue weighted by atomic mass is 9.65.